The SMILES string of the molecule is O=C1C2C3C=CC(CO)(O3)C2C(=O)N1c1ccc(I)cc1. The third-order valence-electron chi connectivity index (χ3n) is 4.49. The molecule has 2 saturated heterocycles. The van der Waals surface area contributed by atoms with Gasteiger partial charge in [0.1, 0.15) is 5.60 Å². The van der Waals surface area contributed by atoms with Gasteiger partial charge in [-0.3, -0.25) is 9.59 Å². The van der Waals surface area contributed by atoms with E-state index in [1.807, 2.05) is 12.1 Å². The highest BCUT2D eigenvalue weighted by Gasteiger charge is 2.67. The summed E-state index contributed by atoms with van der Waals surface area (Å²) in [6.45, 7) is -0.291. The molecule has 0 aliphatic carbocycles. The van der Waals surface area contributed by atoms with Crippen molar-refractivity contribution in [1.82, 2.24) is 0 Å². The lowest BCUT2D eigenvalue weighted by atomic mass is 9.77. The molecule has 4 unspecified atom stereocenters. The summed E-state index contributed by atoms with van der Waals surface area (Å²) in [5.74, 6) is -1.67. The fraction of sp³-hybridized carbons (Fsp3) is 0.333. The summed E-state index contributed by atoms with van der Waals surface area (Å²) in [5.41, 5.74) is -0.452. The summed E-state index contributed by atoms with van der Waals surface area (Å²) >= 11 is 2.17. The molecular weight excluding hydrogens is 385 g/mol. The second-order valence-corrected chi connectivity index (χ2v) is 6.79. The molecule has 3 aliphatic rings. The lowest BCUT2D eigenvalue weighted by Gasteiger charge is -2.26. The van der Waals surface area contributed by atoms with Gasteiger partial charge < -0.3 is 9.84 Å². The minimum absolute atomic E-state index is 0.240. The van der Waals surface area contributed by atoms with Crippen LogP contribution in [0.1, 0.15) is 0 Å². The van der Waals surface area contributed by atoms with Gasteiger partial charge in [-0.2, -0.15) is 0 Å². The van der Waals surface area contributed by atoms with E-state index in [-0.39, 0.29) is 18.4 Å². The number of aliphatic hydroxyl groups excluding tert-OH is 1. The van der Waals surface area contributed by atoms with Crippen molar-refractivity contribution in [2.75, 3.05) is 11.5 Å². The Bertz CT molecular complexity index is 671. The summed E-state index contributed by atoms with van der Waals surface area (Å²) in [4.78, 5) is 26.6. The maximum atomic E-state index is 12.7. The number of hydrogen-bond acceptors (Lipinski definition) is 4. The fourth-order valence-corrected chi connectivity index (χ4v) is 3.89. The maximum Gasteiger partial charge on any atom is 0.241 e. The van der Waals surface area contributed by atoms with Crippen molar-refractivity contribution in [3.8, 4) is 0 Å². The van der Waals surface area contributed by atoms with Crippen molar-refractivity contribution in [2.24, 2.45) is 11.8 Å². The van der Waals surface area contributed by atoms with Crippen LogP contribution in [0.2, 0.25) is 0 Å². The van der Waals surface area contributed by atoms with Crippen LogP contribution in [0.4, 0.5) is 5.69 Å². The second-order valence-electron chi connectivity index (χ2n) is 5.55. The van der Waals surface area contributed by atoms with Crippen LogP contribution in [-0.4, -0.2) is 35.2 Å². The molecule has 2 amide bonds. The van der Waals surface area contributed by atoms with E-state index in [1.165, 1.54) is 4.90 Å². The number of hydrogen-bond donors (Lipinski definition) is 1. The van der Waals surface area contributed by atoms with Crippen LogP contribution < -0.4 is 4.90 Å². The van der Waals surface area contributed by atoms with E-state index in [1.54, 1.807) is 24.3 Å². The van der Waals surface area contributed by atoms with E-state index < -0.39 is 23.5 Å². The van der Waals surface area contributed by atoms with Crippen molar-refractivity contribution in [2.45, 2.75) is 11.7 Å². The molecule has 2 bridgehead atoms. The predicted molar refractivity (Wildman–Crippen MR) is 82.5 cm³/mol. The number of halogens is 1. The summed E-state index contributed by atoms with van der Waals surface area (Å²) in [5, 5.41) is 9.63. The molecule has 0 aromatic heterocycles. The summed E-state index contributed by atoms with van der Waals surface area (Å²) in [7, 11) is 0. The number of anilines is 1. The highest BCUT2D eigenvalue weighted by molar-refractivity contribution is 14.1. The van der Waals surface area contributed by atoms with Crippen LogP contribution >= 0.6 is 22.6 Å². The Morgan fingerprint density at radius 2 is 1.95 bits per heavy atom. The predicted octanol–water partition coefficient (Wildman–Crippen LogP) is 1.10. The molecule has 4 atom stereocenters. The Labute approximate surface area is 134 Å². The topological polar surface area (TPSA) is 66.8 Å². The number of ether oxygens (including phenoxy) is 1. The van der Waals surface area contributed by atoms with E-state index in [0.29, 0.717) is 5.69 Å². The van der Waals surface area contributed by atoms with Crippen molar-refractivity contribution >= 4 is 40.1 Å². The van der Waals surface area contributed by atoms with Crippen LogP contribution in [0.15, 0.2) is 36.4 Å². The van der Waals surface area contributed by atoms with Gasteiger partial charge in [-0.25, -0.2) is 4.90 Å². The van der Waals surface area contributed by atoms with Crippen LogP contribution in [0.3, 0.4) is 0 Å². The quantitative estimate of drug-likeness (QED) is 0.461. The Balaban J connectivity index is 1.77. The second kappa shape index (κ2) is 4.37. The highest BCUT2D eigenvalue weighted by Crippen LogP contribution is 2.52. The number of nitrogens with zero attached hydrogens (tertiary/aromatic N) is 1. The number of benzene rings is 1. The van der Waals surface area contributed by atoms with Gasteiger partial charge in [0.2, 0.25) is 11.8 Å². The van der Waals surface area contributed by atoms with Crippen molar-refractivity contribution in [1.29, 1.82) is 0 Å². The van der Waals surface area contributed by atoms with Crippen LogP contribution in [-0.2, 0) is 14.3 Å². The number of carbonyl (C=O) groups is 2. The number of aliphatic hydroxyl groups is 1. The number of imide groups is 1. The first-order valence-electron chi connectivity index (χ1n) is 6.69. The molecule has 1 N–H and O–H groups in total. The molecule has 0 saturated carbocycles. The Kier molecular flexibility index (Phi) is 2.79. The van der Waals surface area contributed by atoms with Gasteiger partial charge in [0.15, 0.2) is 0 Å². The minimum Gasteiger partial charge on any atom is -0.393 e. The number of fused-ring (bicyclic) bond motifs is 5. The number of amides is 2. The smallest absolute Gasteiger partial charge is 0.241 e. The van der Waals surface area contributed by atoms with Crippen LogP contribution in [0, 0.1) is 15.4 Å². The molecule has 2 fully saturated rings. The van der Waals surface area contributed by atoms with E-state index in [0.717, 1.165) is 3.57 Å². The third-order valence-corrected chi connectivity index (χ3v) is 5.21. The molecule has 4 rings (SSSR count). The lowest BCUT2D eigenvalue weighted by molar-refractivity contribution is -0.128. The normalized spacial score (nSPS) is 36.7. The van der Waals surface area contributed by atoms with Crippen molar-refractivity contribution < 1.29 is 19.4 Å². The Hall–Kier alpha value is -1.25. The molecule has 1 aromatic rings. The van der Waals surface area contributed by atoms with E-state index in [4.69, 9.17) is 4.74 Å². The van der Waals surface area contributed by atoms with Crippen molar-refractivity contribution in [3.05, 3.63) is 40.0 Å². The van der Waals surface area contributed by atoms with E-state index in [9.17, 15) is 14.7 Å². The minimum atomic E-state index is -1.03. The summed E-state index contributed by atoms with van der Waals surface area (Å²) in [6.07, 6.45) is 3.09. The first-order chi connectivity index (χ1) is 10.1. The molecule has 1 aromatic carbocycles. The van der Waals surface area contributed by atoms with Crippen LogP contribution in [0.5, 0.6) is 0 Å². The number of rotatable bonds is 2. The Morgan fingerprint density at radius 3 is 2.62 bits per heavy atom. The molecule has 3 aliphatic heterocycles. The molecule has 6 heteroatoms. The van der Waals surface area contributed by atoms with E-state index >= 15 is 0 Å². The van der Waals surface area contributed by atoms with Crippen molar-refractivity contribution in [3.63, 3.8) is 0 Å². The zero-order valence-corrected chi connectivity index (χ0v) is 13.1. The van der Waals surface area contributed by atoms with Gasteiger partial charge in [0.05, 0.1) is 30.2 Å². The van der Waals surface area contributed by atoms with Gasteiger partial charge in [0, 0.05) is 3.57 Å². The monoisotopic (exact) mass is 397 g/mol. The van der Waals surface area contributed by atoms with Gasteiger partial charge in [-0.1, -0.05) is 12.2 Å². The van der Waals surface area contributed by atoms with Gasteiger partial charge >= 0.3 is 0 Å². The maximum absolute atomic E-state index is 12.7. The first-order valence-corrected chi connectivity index (χ1v) is 7.77. The Morgan fingerprint density at radius 1 is 1.24 bits per heavy atom. The largest absolute Gasteiger partial charge is 0.393 e. The molecular formula is C15H12INO4. The third kappa shape index (κ3) is 1.63. The molecule has 0 spiro atoms. The fourth-order valence-electron chi connectivity index (χ4n) is 3.53. The average molecular weight is 397 g/mol. The molecule has 3 heterocycles. The summed E-state index contributed by atoms with van der Waals surface area (Å²) in [6, 6.07) is 7.24. The highest BCUT2D eigenvalue weighted by atomic mass is 127. The summed E-state index contributed by atoms with van der Waals surface area (Å²) < 4.78 is 6.72. The zero-order valence-electron chi connectivity index (χ0n) is 10.9. The molecule has 108 valence electrons. The standard InChI is InChI=1S/C15H12INO4/c16-8-1-3-9(4-2-8)17-13(19)11-10-5-6-15(7-18,21-10)12(11)14(17)20/h1-6,10-12,18H,7H2. The van der Waals surface area contributed by atoms with Gasteiger partial charge in [-0.05, 0) is 46.9 Å². The van der Waals surface area contributed by atoms with E-state index in [2.05, 4.69) is 22.6 Å². The van der Waals surface area contributed by atoms with Crippen LogP contribution in [0.25, 0.3) is 0 Å². The lowest BCUT2D eigenvalue weighted by Crippen LogP contribution is -2.43. The molecule has 0 radical (unpaired) electrons. The van der Waals surface area contributed by atoms with Gasteiger partial charge in [0.25, 0.3) is 0 Å². The molecule has 5 nitrogen and oxygen atoms in total. The first kappa shape index (κ1) is 13.4. The number of carbonyl (C=O) groups excluding carboxylic acids is 2. The zero-order chi connectivity index (χ0) is 14.8. The average Bonchev–Trinajstić information content (AvgIpc) is 3.12. The van der Waals surface area contributed by atoms with Gasteiger partial charge in [-0.15, -0.1) is 0 Å². The molecule has 21 heavy (non-hydrogen) atoms.